The number of hydrogen-bond donors (Lipinski definition) is 1. The van der Waals surface area contributed by atoms with Gasteiger partial charge >= 0.3 is 48.9 Å². The Morgan fingerprint density at radius 3 is 1.83 bits per heavy atom. The second-order valence-corrected chi connectivity index (χ2v) is 0.238. The zero-order valence-corrected chi connectivity index (χ0v) is 8.08. The van der Waals surface area contributed by atoms with E-state index in [0.29, 0.717) is 0 Å². The molecule has 0 fully saturated rings. The van der Waals surface area contributed by atoms with E-state index in [0.717, 1.165) is 0 Å². The first-order valence-corrected chi connectivity index (χ1v) is 0.565. The normalized spacial score (nSPS) is 4.00. The van der Waals surface area contributed by atoms with Crippen LogP contribution >= 0.6 is 12.4 Å². The standard InChI is InChI=1S/Ba.ClH.HNO3.2H/c;;2-1(3)4;;/h;1H;(H,2,3,4);;/q+2;;;2*-1. The van der Waals surface area contributed by atoms with Gasteiger partial charge in [-0.05, 0) is 0 Å². The third kappa shape index (κ3) is 74.1. The van der Waals surface area contributed by atoms with Crippen LogP contribution in [0.3, 0.4) is 0 Å². The summed E-state index contributed by atoms with van der Waals surface area (Å²) in [4.78, 5) is 8.36. The summed E-state index contributed by atoms with van der Waals surface area (Å²) < 4.78 is 0. The minimum atomic E-state index is -1.50. The van der Waals surface area contributed by atoms with Crippen LogP contribution < -0.4 is 0 Å². The van der Waals surface area contributed by atoms with Gasteiger partial charge in [0, 0.05) is 0 Å². The van der Waals surface area contributed by atoms with E-state index < -0.39 is 5.09 Å². The number of nitrogens with zero attached hydrogens (tertiary/aromatic N) is 1. The molecular weight excluding hydrogens is 235 g/mol. The van der Waals surface area contributed by atoms with Crippen LogP contribution in [0.1, 0.15) is 2.85 Å². The zero-order chi connectivity index (χ0) is 3.58. The first-order chi connectivity index (χ1) is 1.73. The monoisotopic (exact) mass is 239 g/mol. The fourth-order valence-corrected chi connectivity index (χ4v) is 0. The maximum Gasteiger partial charge on any atom is 2.00 e. The molecule has 0 aromatic carbocycles. The molecular formula is H4BaClNO3. The smallest absolute Gasteiger partial charge is 1.00 e. The molecule has 0 aromatic heterocycles. The van der Waals surface area contributed by atoms with E-state index in [1.165, 1.54) is 0 Å². The van der Waals surface area contributed by atoms with E-state index in [4.69, 9.17) is 15.3 Å². The van der Waals surface area contributed by atoms with E-state index in [1.807, 2.05) is 0 Å². The maximum absolute atomic E-state index is 8.36. The summed E-state index contributed by atoms with van der Waals surface area (Å²) in [7, 11) is 0. The molecule has 0 unspecified atom stereocenters. The van der Waals surface area contributed by atoms with Gasteiger partial charge in [0.25, 0.3) is 5.09 Å². The minimum Gasteiger partial charge on any atom is -1.00 e. The van der Waals surface area contributed by atoms with E-state index in [1.54, 1.807) is 0 Å². The Morgan fingerprint density at radius 1 is 1.83 bits per heavy atom. The van der Waals surface area contributed by atoms with E-state index in [9.17, 15) is 0 Å². The third-order valence-electron chi connectivity index (χ3n) is 0. The van der Waals surface area contributed by atoms with Gasteiger partial charge in [0.15, 0.2) is 0 Å². The number of halogens is 1. The molecule has 36 valence electrons. The van der Waals surface area contributed by atoms with Crippen LogP contribution in [-0.2, 0) is 0 Å². The number of hydrogen-bond acceptors (Lipinski definition) is 2. The molecule has 0 bridgehead atoms. The summed E-state index contributed by atoms with van der Waals surface area (Å²) in [5.74, 6) is 0. The second kappa shape index (κ2) is 9.41. The average molecular weight is 239 g/mol. The first kappa shape index (κ1) is 15.7. The Balaban J connectivity index is -0.00000000750. The quantitative estimate of drug-likeness (QED) is 0.365. The molecule has 0 aliphatic carbocycles. The molecule has 1 N–H and O–H groups in total. The maximum atomic E-state index is 8.36. The van der Waals surface area contributed by atoms with Crippen molar-refractivity contribution in [2.45, 2.75) is 0 Å². The minimum absolute atomic E-state index is 0. The fourth-order valence-electron chi connectivity index (χ4n) is 0. The summed E-state index contributed by atoms with van der Waals surface area (Å²) in [5, 5.41) is 13.6. The second-order valence-electron chi connectivity index (χ2n) is 0.238. The van der Waals surface area contributed by atoms with Crippen LogP contribution in [-0.4, -0.2) is 59.2 Å². The Kier molecular flexibility index (Phi) is 24.7. The van der Waals surface area contributed by atoms with Gasteiger partial charge in [-0.2, -0.15) is 0 Å². The van der Waals surface area contributed by atoms with E-state index >= 15 is 0 Å². The van der Waals surface area contributed by atoms with Gasteiger partial charge in [-0.1, -0.05) is 0 Å². The SMILES string of the molecule is Cl.O=[N+]([O-])O.[Ba+2].[H-].[H-]. The Morgan fingerprint density at radius 2 is 1.83 bits per heavy atom. The molecule has 6 heavy (non-hydrogen) atoms. The summed E-state index contributed by atoms with van der Waals surface area (Å²) in [5.41, 5.74) is 0. The van der Waals surface area contributed by atoms with Crippen LogP contribution in [0.5, 0.6) is 0 Å². The van der Waals surface area contributed by atoms with Gasteiger partial charge in [0.1, 0.15) is 0 Å². The van der Waals surface area contributed by atoms with Crippen LogP contribution in [0.2, 0.25) is 0 Å². The number of rotatable bonds is 0. The van der Waals surface area contributed by atoms with Crippen molar-refractivity contribution in [2.75, 3.05) is 0 Å². The van der Waals surface area contributed by atoms with Gasteiger partial charge in [-0.3, -0.25) is 0 Å². The van der Waals surface area contributed by atoms with Gasteiger partial charge in [-0.25, -0.2) is 0 Å². The van der Waals surface area contributed by atoms with Gasteiger partial charge in [0.05, 0.1) is 0 Å². The van der Waals surface area contributed by atoms with Crippen LogP contribution in [0.15, 0.2) is 0 Å². The van der Waals surface area contributed by atoms with Crippen molar-refractivity contribution in [3.8, 4) is 0 Å². The zero-order valence-electron chi connectivity index (χ0n) is 4.83. The van der Waals surface area contributed by atoms with E-state index in [2.05, 4.69) is 0 Å². The molecule has 0 rings (SSSR count). The largest absolute Gasteiger partial charge is 2.00 e. The van der Waals surface area contributed by atoms with Crippen molar-refractivity contribution in [3.05, 3.63) is 10.1 Å². The Bertz CT molecular complexity index is 40.3. The summed E-state index contributed by atoms with van der Waals surface area (Å²) in [6.45, 7) is 0. The van der Waals surface area contributed by atoms with Crippen LogP contribution in [0.25, 0.3) is 0 Å². The third-order valence-corrected chi connectivity index (χ3v) is 0. The van der Waals surface area contributed by atoms with Crippen molar-refractivity contribution in [3.63, 3.8) is 0 Å². The average Bonchev–Trinajstić information content (AvgIpc) is 0.811. The molecule has 0 radical (unpaired) electrons. The van der Waals surface area contributed by atoms with Crippen molar-refractivity contribution in [1.82, 2.24) is 0 Å². The van der Waals surface area contributed by atoms with Crippen molar-refractivity contribution >= 4 is 61.3 Å². The predicted molar refractivity (Wildman–Crippen MR) is 24.0 cm³/mol. The molecule has 4 nitrogen and oxygen atoms in total. The van der Waals surface area contributed by atoms with Gasteiger partial charge in [0.2, 0.25) is 0 Å². The van der Waals surface area contributed by atoms with Crippen molar-refractivity contribution in [1.29, 1.82) is 0 Å². The summed E-state index contributed by atoms with van der Waals surface area (Å²) in [6.07, 6.45) is 0. The van der Waals surface area contributed by atoms with Crippen LogP contribution in [0.4, 0.5) is 0 Å². The predicted octanol–water partition coefficient (Wildman–Crippen LogP) is -0.0817. The fraction of sp³-hybridized carbons (Fsp3) is 0. The van der Waals surface area contributed by atoms with Gasteiger partial charge in [-0.15, -0.1) is 22.5 Å². The Labute approximate surface area is 83.5 Å². The summed E-state index contributed by atoms with van der Waals surface area (Å²) >= 11 is 0. The van der Waals surface area contributed by atoms with E-state index in [-0.39, 0.29) is 64.1 Å². The molecule has 0 spiro atoms. The molecule has 0 aliphatic rings. The van der Waals surface area contributed by atoms with Crippen molar-refractivity contribution in [2.24, 2.45) is 0 Å². The molecule has 6 heteroatoms. The molecule has 0 saturated heterocycles. The molecule has 0 saturated carbocycles. The molecule has 0 aromatic rings. The molecule has 0 amide bonds. The summed E-state index contributed by atoms with van der Waals surface area (Å²) in [6, 6.07) is 0. The Hall–Kier alpha value is 1.06. The van der Waals surface area contributed by atoms with Crippen molar-refractivity contribution < 1.29 is 13.1 Å². The van der Waals surface area contributed by atoms with Gasteiger partial charge < -0.3 is 8.06 Å². The molecule has 0 aliphatic heterocycles. The molecule has 0 atom stereocenters. The van der Waals surface area contributed by atoms with Crippen LogP contribution in [0, 0.1) is 10.1 Å². The topological polar surface area (TPSA) is 63.4 Å². The molecule has 0 heterocycles. The first-order valence-electron chi connectivity index (χ1n) is 0.565.